The summed E-state index contributed by atoms with van der Waals surface area (Å²) in [5, 5.41) is 0. The van der Waals surface area contributed by atoms with Gasteiger partial charge in [-0.2, -0.15) is 0 Å². The first kappa shape index (κ1) is 10.6. The largest absolute Gasteiger partial charge is 0.498 e. The van der Waals surface area contributed by atoms with Crippen molar-refractivity contribution in [2.45, 2.75) is 59.0 Å². The smallest absolute Gasteiger partial charge is 0.104 e. The monoisotopic (exact) mass is 182 g/mol. The Kier molecular flexibility index (Phi) is 3.83. The van der Waals surface area contributed by atoms with Crippen LogP contribution >= 0.6 is 0 Å². The molecular weight excluding hydrogens is 160 g/mol. The van der Waals surface area contributed by atoms with Crippen LogP contribution in [0.3, 0.4) is 0 Å². The molecule has 1 rings (SSSR count). The molecule has 0 bridgehead atoms. The summed E-state index contributed by atoms with van der Waals surface area (Å²) in [6.45, 7) is 6.81. The van der Waals surface area contributed by atoms with Crippen LogP contribution in [-0.4, -0.2) is 6.10 Å². The molecule has 13 heavy (non-hydrogen) atoms. The topological polar surface area (TPSA) is 9.23 Å². The average Bonchev–Trinajstić information content (AvgIpc) is 2.20. The highest BCUT2D eigenvalue weighted by molar-refractivity contribution is 4.97. The van der Waals surface area contributed by atoms with Crippen molar-refractivity contribution in [1.29, 1.82) is 0 Å². The standard InChI is InChI=1S/C12H22O/c1-4-8-11-12(5-2,6-3)9-7-10-13-11/h7,10-11H,4-6,8-9H2,1-3H3. The minimum Gasteiger partial charge on any atom is -0.498 e. The second-order valence-electron chi connectivity index (χ2n) is 4.06. The van der Waals surface area contributed by atoms with Crippen molar-refractivity contribution in [3.05, 3.63) is 12.3 Å². The normalized spacial score (nSPS) is 25.6. The van der Waals surface area contributed by atoms with E-state index in [4.69, 9.17) is 4.74 Å². The lowest BCUT2D eigenvalue weighted by atomic mass is 9.72. The Bertz CT molecular complexity index is 168. The van der Waals surface area contributed by atoms with Gasteiger partial charge in [-0.25, -0.2) is 0 Å². The van der Waals surface area contributed by atoms with E-state index in [1.807, 2.05) is 6.26 Å². The SMILES string of the molecule is CCCC1OC=CCC1(CC)CC. The molecule has 1 aliphatic heterocycles. The number of hydrogen-bond acceptors (Lipinski definition) is 1. The van der Waals surface area contributed by atoms with E-state index in [-0.39, 0.29) is 0 Å². The van der Waals surface area contributed by atoms with Crippen LogP contribution in [0.25, 0.3) is 0 Å². The average molecular weight is 182 g/mol. The molecule has 0 N–H and O–H groups in total. The molecule has 0 saturated carbocycles. The van der Waals surface area contributed by atoms with Crippen LogP contribution in [0, 0.1) is 5.41 Å². The molecule has 1 unspecified atom stereocenters. The summed E-state index contributed by atoms with van der Waals surface area (Å²) in [7, 11) is 0. The van der Waals surface area contributed by atoms with Crippen LogP contribution in [0.15, 0.2) is 12.3 Å². The third kappa shape index (κ3) is 2.07. The highest BCUT2D eigenvalue weighted by Gasteiger charge is 2.36. The molecule has 76 valence electrons. The molecule has 0 aliphatic carbocycles. The fraction of sp³-hybridized carbons (Fsp3) is 0.833. The molecular formula is C12H22O. The Morgan fingerprint density at radius 3 is 2.54 bits per heavy atom. The Morgan fingerprint density at radius 1 is 1.31 bits per heavy atom. The maximum atomic E-state index is 5.74. The van der Waals surface area contributed by atoms with Gasteiger partial charge in [-0.3, -0.25) is 0 Å². The van der Waals surface area contributed by atoms with Crippen LogP contribution in [0.1, 0.15) is 52.9 Å². The van der Waals surface area contributed by atoms with Gasteiger partial charge in [0.25, 0.3) is 0 Å². The third-order valence-corrected chi connectivity index (χ3v) is 3.51. The Balaban J connectivity index is 2.71. The molecule has 0 amide bonds. The Hall–Kier alpha value is -0.460. The number of hydrogen-bond donors (Lipinski definition) is 0. The maximum Gasteiger partial charge on any atom is 0.104 e. The van der Waals surface area contributed by atoms with Crippen molar-refractivity contribution in [1.82, 2.24) is 0 Å². The molecule has 1 heterocycles. The summed E-state index contributed by atoms with van der Waals surface area (Å²) in [6.07, 6.45) is 10.6. The molecule has 0 fully saturated rings. The molecule has 0 aromatic heterocycles. The van der Waals surface area contributed by atoms with Gasteiger partial charge < -0.3 is 4.74 Å². The van der Waals surface area contributed by atoms with Gasteiger partial charge in [0.15, 0.2) is 0 Å². The molecule has 1 aliphatic rings. The van der Waals surface area contributed by atoms with Crippen molar-refractivity contribution >= 4 is 0 Å². The molecule has 0 aromatic carbocycles. The van der Waals surface area contributed by atoms with Crippen molar-refractivity contribution in [2.24, 2.45) is 5.41 Å². The Labute approximate surface area is 82.2 Å². The quantitative estimate of drug-likeness (QED) is 0.640. The van der Waals surface area contributed by atoms with Gasteiger partial charge in [0.1, 0.15) is 6.10 Å². The minimum absolute atomic E-state index is 0.421. The van der Waals surface area contributed by atoms with E-state index < -0.39 is 0 Å². The predicted octanol–water partition coefficient (Wildman–Crippen LogP) is 3.90. The summed E-state index contributed by atoms with van der Waals surface area (Å²) in [4.78, 5) is 0. The van der Waals surface area contributed by atoms with Crippen LogP contribution in [0.5, 0.6) is 0 Å². The van der Waals surface area contributed by atoms with Gasteiger partial charge in [-0.1, -0.05) is 27.2 Å². The van der Waals surface area contributed by atoms with E-state index >= 15 is 0 Å². The van der Waals surface area contributed by atoms with E-state index in [0.717, 1.165) is 0 Å². The summed E-state index contributed by atoms with van der Waals surface area (Å²) in [6, 6.07) is 0. The van der Waals surface area contributed by atoms with Crippen molar-refractivity contribution in [2.75, 3.05) is 0 Å². The second-order valence-corrected chi connectivity index (χ2v) is 4.06. The first-order chi connectivity index (χ1) is 6.29. The summed E-state index contributed by atoms with van der Waals surface area (Å²) in [5.41, 5.74) is 0.421. The fourth-order valence-electron chi connectivity index (χ4n) is 2.34. The van der Waals surface area contributed by atoms with Crippen LogP contribution in [-0.2, 0) is 4.74 Å². The molecule has 0 aromatic rings. The minimum atomic E-state index is 0.421. The fourth-order valence-corrected chi connectivity index (χ4v) is 2.34. The van der Waals surface area contributed by atoms with E-state index in [1.165, 1.54) is 32.1 Å². The van der Waals surface area contributed by atoms with E-state index in [9.17, 15) is 0 Å². The molecule has 1 nitrogen and oxygen atoms in total. The van der Waals surface area contributed by atoms with Crippen molar-refractivity contribution in [3.63, 3.8) is 0 Å². The van der Waals surface area contributed by atoms with E-state index in [0.29, 0.717) is 11.5 Å². The second kappa shape index (κ2) is 4.69. The third-order valence-electron chi connectivity index (χ3n) is 3.51. The van der Waals surface area contributed by atoms with Gasteiger partial charge in [-0.15, -0.1) is 0 Å². The first-order valence-corrected chi connectivity index (χ1v) is 5.59. The van der Waals surface area contributed by atoms with E-state index in [2.05, 4.69) is 26.8 Å². The Morgan fingerprint density at radius 2 is 2.00 bits per heavy atom. The van der Waals surface area contributed by atoms with Crippen LogP contribution < -0.4 is 0 Å². The molecule has 0 saturated heterocycles. The highest BCUT2D eigenvalue weighted by Crippen LogP contribution is 2.41. The first-order valence-electron chi connectivity index (χ1n) is 5.59. The molecule has 0 spiro atoms. The maximum absolute atomic E-state index is 5.74. The van der Waals surface area contributed by atoms with Gasteiger partial charge in [0.05, 0.1) is 6.26 Å². The summed E-state index contributed by atoms with van der Waals surface area (Å²) >= 11 is 0. The van der Waals surface area contributed by atoms with Gasteiger partial charge in [0, 0.05) is 5.41 Å². The zero-order chi connectivity index (χ0) is 9.73. The zero-order valence-electron chi connectivity index (χ0n) is 9.18. The highest BCUT2D eigenvalue weighted by atomic mass is 16.5. The van der Waals surface area contributed by atoms with Gasteiger partial charge >= 0.3 is 0 Å². The lowest BCUT2D eigenvalue weighted by Crippen LogP contribution is -2.37. The summed E-state index contributed by atoms with van der Waals surface area (Å²) < 4.78 is 5.74. The van der Waals surface area contributed by atoms with Crippen LogP contribution in [0.4, 0.5) is 0 Å². The number of allylic oxidation sites excluding steroid dienone is 1. The number of ether oxygens (including phenoxy) is 1. The lowest BCUT2D eigenvalue weighted by Gasteiger charge is -2.40. The van der Waals surface area contributed by atoms with Crippen molar-refractivity contribution < 1.29 is 4.74 Å². The van der Waals surface area contributed by atoms with E-state index in [1.54, 1.807) is 0 Å². The number of rotatable bonds is 4. The predicted molar refractivity (Wildman–Crippen MR) is 56.6 cm³/mol. The zero-order valence-corrected chi connectivity index (χ0v) is 9.18. The molecule has 1 heteroatoms. The van der Waals surface area contributed by atoms with Gasteiger partial charge in [0.2, 0.25) is 0 Å². The molecule has 1 atom stereocenters. The summed E-state index contributed by atoms with van der Waals surface area (Å²) in [5.74, 6) is 0. The van der Waals surface area contributed by atoms with Gasteiger partial charge in [-0.05, 0) is 31.8 Å². The molecule has 0 radical (unpaired) electrons. The lowest BCUT2D eigenvalue weighted by molar-refractivity contribution is -0.0139. The van der Waals surface area contributed by atoms with Crippen molar-refractivity contribution in [3.8, 4) is 0 Å². The van der Waals surface area contributed by atoms with Crippen LogP contribution in [0.2, 0.25) is 0 Å².